The largest absolute Gasteiger partial charge is 0.245 e. The van der Waals surface area contributed by atoms with E-state index in [1.807, 2.05) is 6.07 Å². The molecule has 0 heterocycles. The molecule has 0 rings (SSSR count). The van der Waals surface area contributed by atoms with Crippen molar-refractivity contribution >= 4 is 0 Å². The first-order valence-electron chi connectivity index (χ1n) is 3.23. The van der Waals surface area contributed by atoms with Crippen LogP contribution in [0.2, 0.25) is 0 Å². The maximum absolute atomic E-state index is 12.1. The van der Waals surface area contributed by atoms with Gasteiger partial charge in [0, 0.05) is 12.3 Å². The van der Waals surface area contributed by atoms with Crippen molar-refractivity contribution in [3.63, 3.8) is 0 Å². The molecule has 0 fully saturated rings. The van der Waals surface area contributed by atoms with E-state index in [4.69, 9.17) is 5.26 Å². The van der Waals surface area contributed by atoms with Gasteiger partial charge in [0.25, 0.3) is 0 Å². The van der Waals surface area contributed by atoms with Gasteiger partial charge in [-0.05, 0) is 20.3 Å². The monoisotopic (exact) mass is 147 g/mol. The second-order valence-corrected chi connectivity index (χ2v) is 2.64. The Kier molecular flexibility index (Phi) is 3.27. The fourth-order valence-corrected chi connectivity index (χ4v) is 0.535. The number of rotatable bonds is 3. The van der Waals surface area contributed by atoms with E-state index in [-0.39, 0.29) is 18.8 Å². The van der Waals surface area contributed by atoms with Crippen LogP contribution < -0.4 is 0 Å². The van der Waals surface area contributed by atoms with E-state index in [0.717, 1.165) is 6.92 Å². The smallest absolute Gasteiger partial charge is 0.207 e. The van der Waals surface area contributed by atoms with E-state index < -0.39 is 5.92 Å². The first-order valence-corrected chi connectivity index (χ1v) is 3.23. The molecule has 3 heteroatoms. The van der Waals surface area contributed by atoms with Gasteiger partial charge in [0.15, 0.2) is 0 Å². The fourth-order valence-electron chi connectivity index (χ4n) is 0.535. The Bertz CT molecular complexity index is 132. The number of alkyl halides is 2. The lowest BCUT2D eigenvalue weighted by Crippen LogP contribution is -2.10. The Hall–Kier alpha value is -0.650. The molecule has 1 atom stereocenters. The Morgan fingerprint density at radius 1 is 1.60 bits per heavy atom. The zero-order chi connectivity index (χ0) is 8.20. The summed E-state index contributed by atoms with van der Waals surface area (Å²) >= 11 is 0. The minimum absolute atomic E-state index is 0.193. The Morgan fingerprint density at radius 3 is 2.40 bits per heavy atom. The highest BCUT2D eigenvalue weighted by atomic mass is 19.3. The minimum Gasteiger partial charge on any atom is -0.207 e. The van der Waals surface area contributed by atoms with Crippen LogP contribution >= 0.6 is 0 Å². The molecule has 1 nitrogen and oxygen atoms in total. The Morgan fingerprint density at radius 2 is 2.10 bits per heavy atom. The van der Waals surface area contributed by atoms with Crippen molar-refractivity contribution in [2.24, 2.45) is 5.92 Å². The Balaban J connectivity index is 3.48. The van der Waals surface area contributed by atoms with Crippen LogP contribution in [0.3, 0.4) is 0 Å². The average molecular weight is 147 g/mol. The summed E-state index contributed by atoms with van der Waals surface area (Å²) in [6.45, 7) is 2.52. The van der Waals surface area contributed by atoms with Crippen molar-refractivity contribution in [1.82, 2.24) is 0 Å². The van der Waals surface area contributed by atoms with Gasteiger partial charge in [-0.1, -0.05) is 0 Å². The quantitative estimate of drug-likeness (QED) is 0.601. The molecule has 0 aromatic rings. The highest BCUT2D eigenvalue weighted by molar-refractivity contribution is 4.79. The molecule has 0 aliphatic rings. The molecule has 1 unspecified atom stereocenters. The van der Waals surface area contributed by atoms with E-state index in [0.29, 0.717) is 0 Å². The number of hydrogen-bond donors (Lipinski definition) is 0. The van der Waals surface area contributed by atoms with Crippen molar-refractivity contribution in [2.45, 2.75) is 32.6 Å². The van der Waals surface area contributed by atoms with Crippen LogP contribution in [0.4, 0.5) is 8.78 Å². The molecular weight excluding hydrogens is 136 g/mol. The van der Waals surface area contributed by atoms with Crippen LogP contribution in [-0.2, 0) is 0 Å². The SMILES string of the molecule is CC(C#N)CCC(C)(F)F. The maximum atomic E-state index is 12.1. The molecule has 0 saturated carbocycles. The van der Waals surface area contributed by atoms with E-state index in [2.05, 4.69) is 0 Å². The van der Waals surface area contributed by atoms with Crippen molar-refractivity contribution in [3.05, 3.63) is 0 Å². The average Bonchev–Trinajstić information content (AvgIpc) is 1.81. The summed E-state index contributed by atoms with van der Waals surface area (Å²) in [6, 6.07) is 1.90. The number of nitrogens with zero attached hydrogens (tertiary/aromatic N) is 1. The van der Waals surface area contributed by atoms with Gasteiger partial charge < -0.3 is 0 Å². The minimum atomic E-state index is -2.62. The first-order chi connectivity index (χ1) is 4.45. The zero-order valence-corrected chi connectivity index (χ0v) is 6.19. The third kappa shape index (κ3) is 5.49. The molecule has 0 spiro atoms. The Labute approximate surface area is 59.7 Å². The summed E-state index contributed by atoms with van der Waals surface area (Å²) in [5, 5.41) is 8.24. The molecule has 58 valence electrons. The third-order valence-corrected chi connectivity index (χ3v) is 1.24. The predicted molar refractivity (Wildman–Crippen MR) is 34.6 cm³/mol. The van der Waals surface area contributed by atoms with Crippen molar-refractivity contribution in [3.8, 4) is 6.07 Å². The van der Waals surface area contributed by atoms with Gasteiger partial charge in [-0.25, -0.2) is 8.78 Å². The fraction of sp³-hybridized carbons (Fsp3) is 0.857. The standard InChI is InChI=1S/C7H11F2N/c1-6(5-10)3-4-7(2,8)9/h6H,3-4H2,1-2H3. The molecular formula is C7H11F2N. The van der Waals surface area contributed by atoms with Gasteiger partial charge in [0.1, 0.15) is 0 Å². The van der Waals surface area contributed by atoms with Crippen LogP contribution in [0.1, 0.15) is 26.7 Å². The van der Waals surface area contributed by atoms with Gasteiger partial charge >= 0.3 is 0 Å². The second kappa shape index (κ2) is 3.50. The molecule has 0 radical (unpaired) electrons. The molecule has 0 amide bonds. The molecule has 0 aliphatic carbocycles. The number of hydrogen-bond acceptors (Lipinski definition) is 1. The lowest BCUT2D eigenvalue weighted by molar-refractivity contribution is 0.00887. The molecule has 10 heavy (non-hydrogen) atoms. The predicted octanol–water partition coefficient (Wildman–Crippen LogP) is 2.58. The molecule has 0 saturated heterocycles. The molecule has 0 bridgehead atoms. The summed E-state index contributed by atoms with van der Waals surface area (Å²) in [5.41, 5.74) is 0. The lowest BCUT2D eigenvalue weighted by atomic mass is 10.1. The normalized spacial score (nSPS) is 14.3. The molecule has 0 aliphatic heterocycles. The van der Waals surface area contributed by atoms with Crippen LogP contribution in [0.15, 0.2) is 0 Å². The highest BCUT2D eigenvalue weighted by Gasteiger charge is 2.21. The van der Waals surface area contributed by atoms with Gasteiger partial charge in [-0.3, -0.25) is 0 Å². The van der Waals surface area contributed by atoms with E-state index in [1.54, 1.807) is 6.92 Å². The van der Waals surface area contributed by atoms with Crippen LogP contribution in [0, 0.1) is 17.2 Å². The van der Waals surface area contributed by atoms with Crippen molar-refractivity contribution < 1.29 is 8.78 Å². The topological polar surface area (TPSA) is 23.8 Å². The molecule has 0 aromatic carbocycles. The van der Waals surface area contributed by atoms with E-state index >= 15 is 0 Å². The van der Waals surface area contributed by atoms with Crippen LogP contribution in [-0.4, -0.2) is 5.92 Å². The van der Waals surface area contributed by atoms with Crippen LogP contribution in [0.25, 0.3) is 0 Å². The zero-order valence-electron chi connectivity index (χ0n) is 6.19. The number of nitriles is 1. The summed E-state index contributed by atoms with van der Waals surface area (Å²) in [6.07, 6.45) is 0.0850. The second-order valence-electron chi connectivity index (χ2n) is 2.64. The lowest BCUT2D eigenvalue weighted by Gasteiger charge is -2.09. The van der Waals surface area contributed by atoms with Crippen molar-refractivity contribution in [1.29, 1.82) is 5.26 Å². The summed E-state index contributed by atoms with van der Waals surface area (Å²) in [5.74, 6) is -2.88. The molecule has 0 N–H and O–H groups in total. The van der Waals surface area contributed by atoms with Gasteiger partial charge in [0.2, 0.25) is 5.92 Å². The summed E-state index contributed by atoms with van der Waals surface area (Å²) in [7, 11) is 0. The third-order valence-electron chi connectivity index (χ3n) is 1.24. The van der Waals surface area contributed by atoms with Crippen molar-refractivity contribution in [2.75, 3.05) is 0 Å². The van der Waals surface area contributed by atoms with Gasteiger partial charge in [0.05, 0.1) is 6.07 Å². The summed E-state index contributed by atoms with van der Waals surface area (Å²) in [4.78, 5) is 0. The first kappa shape index (κ1) is 9.35. The van der Waals surface area contributed by atoms with E-state index in [1.165, 1.54) is 0 Å². The van der Waals surface area contributed by atoms with Gasteiger partial charge in [-0.2, -0.15) is 5.26 Å². The van der Waals surface area contributed by atoms with Gasteiger partial charge in [-0.15, -0.1) is 0 Å². The van der Waals surface area contributed by atoms with Crippen LogP contribution in [0.5, 0.6) is 0 Å². The summed E-state index contributed by atoms with van der Waals surface area (Å²) < 4.78 is 24.2. The van der Waals surface area contributed by atoms with E-state index in [9.17, 15) is 8.78 Å². The number of halogens is 2. The highest BCUT2D eigenvalue weighted by Crippen LogP contribution is 2.21. The maximum Gasteiger partial charge on any atom is 0.245 e. The molecule has 0 aromatic heterocycles.